The summed E-state index contributed by atoms with van der Waals surface area (Å²) in [5.41, 5.74) is -0.664. The van der Waals surface area contributed by atoms with E-state index in [0.717, 1.165) is 0 Å². The quantitative estimate of drug-likeness (QED) is 0.863. The summed E-state index contributed by atoms with van der Waals surface area (Å²) in [6, 6.07) is 4.15. The summed E-state index contributed by atoms with van der Waals surface area (Å²) < 4.78 is 10.5. The Bertz CT molecular complexity index is 510. The molecule has 7 heteroatoms. The van der Waals surface area contributed by atoms with Crippen LogP contribution in [0.3, 0.4) is 0 Å². The van der Waals surface area contributed by atoms with E-state index >= 15 is 0 Å². The van der Waals surface area contributed by atoms with Gasteiger partial charge in [-0.1, -0.05) is 6.07 Å². The zero-order valence-corrected chi connectivity index (χ0v) is 12.5. The van der Waals surface area contributed by atoms with Gasteiger partial charge >= 0.3 is 12.1 Å². The van der Waals surface area contributed by atoms with Crippen LogP contribution in [0, 0.1) is 0 Å². The number of pyridine rings is 1. The fourth-order valence-electron chi connectivity index (χ4n) is 1.38. The number of nitrogens with zero attached hydrogens (tertiary/aromatic N) is 1. The third kappa shape index (κ3) is 6.60. The number of aromatic carboxylic acids is 1. The van der Waals surface area contributed by atoms with Crippen molar-refractivity contribution in [3.63, 3.8) is 0 Å². The Labute approximate surface area is 123 Å². The second kappa shape index (κ2) is 6.92. The Morgan fingerprint density at radius 1 is 1.38 bits per heavy atom. The van der Waals surface area contributed by atoms with Gasteiger partial charge in [0.2, 0.25) is 5.88 Å². The minimum absolute atomic E-state index is 0.0970. The van der Waals surface area contributed by atoms with Crippen molar-refractivity contribution in [2.45, 2.75) is 39.3 Å². The molecule has 0 fully saturated rings. The number of rotatable bonds is 5. The Kier molecular flexibility index (Phi) is 5.52. The number of amides is 1. The molecule has 7 nitrogen and oxygen atoms in total. The fourth-order valence-corrected chi connectivity index (χ4v) is 1.38. The summed E-state index contributed by atoms with van der Waals surface area (Å²) in [6.07, 6.45) is -0.536. The predicted molar refractivity (Wildman–Crippen MR) is 75.5 cm³/mol. The van der Waals surface area contributed by atoms with Gasteiger partial charge in [-0.25, -0.2) is 14.6 Å². The first-order valence-corrected chi connectivity index (χ1v) is 6.50. The molecule has 0 saturated carbocycles. The standard InChI is InChI=1S/C14H20N2O5/c1-9(15-13(19)21-14(2,3)4)8-20-11-7-5-6-10(16-11)12(17)18/h5-7,9H,8H2,1-4H3,(H,15,19)(H,17,18)/t9-/m1/s1. The monoisotopic (exact) mass is 296 g/mol. The van der Waals surface area contributed by atoms with Crippen molar-refractivity contribution in [1.29, 1.82) is 0 Å². The van der Waals surface area contributed by atoms with E-state index in [0.29, 0.717) is 0 Å². The number of nitrogens with one attached hydrogen (secondary N) is 1. The molecule has 0 aromatic carbocycles. The van der Waals surface area contributed by atoms with E-state index in [-0.39, 0.29) is 24.2 Å². The van der Waals surface area contributed by atoms with Crippen LogP contribution in [0.5, 0.6) is 5.88 Å². The highest BCUT2D eigenvalue weighted by Gasteiger charge is 2.18. The van der Waals surface area contributed by atoms with Gasteiger partial charge < -0.3 is 19.9 Å². The maximum atomic E-state index is 11.5. The summed E-state index contributed by atoms with van der Waals surface area (Å²) in [5, 5.41) is 11.4. The van der Waals surface area contributed by atoms with Crippen molar-refractivity contribution < 1.29 is 24.2 Å². The first-order valence-electron chi connectivity index (χ1n) is 6.50. The minimum atomic E-state index is -1.12. The topological polar surface area (TPSA) is 97.8 Å². The molecule has 0 aliphatic heterocycles. The van der Waals surface area contributed by atoms with E-state index < -0.39 is 17.7 Å². The number of hydrogen-bond donors (Lipinski definition) is 2. The van der Waals surface area contributed by atoms with Gasteiger partial charge in [-0.2, -0.15) is 0 Å². The van der Waals surface area contributed by atoms with E-state index in [9.17, 15) is 9.59 Å². The van der Waals surface area contributed by atoms with Crippen LogP contribution in [-0.2, 0) is 4.74 Å². The molecule has 0 bridgehead atoms. The molecule has 1 aromatic heterocycles. The lowest BCUT2D eigenvalue weighted by atomic mass is 10.2. The van der Waals surface area contributed by atoms with Gasteiger partial charge in [0.25, 0.3) is 0 Å². The Balaban J connectivity index is 2.46. The first-order chi connectivity index (χ1) is 9.67. The van der Waals surface area contributed by atoms with Crippen LogP contribution in [0.2, 0.25) is 0 Å². The average molecular weight is 296 g/mol. The zero-order chi connectivity index (χ0) is 16.0. The van der Waals surface area contributed by atoms with Gasteiger partial charge in [0.1, 0.15) is 12.2 Å². The molecule has 21 heavy (non-hydrogen) atoms. The normalized spacial score (nSPS) is 12.4. The van der Waals surface area contributed by atoms with E-state index in [1.54, 1.807) is 33.8 Å². The lowest BCUT2D eigenvalue weighted by Crippen LogP contribution is -2.40. The second-order valence-corrected chi connectivity index (χ2v) is 5.52. The van der Waals surface area contributed by atoms with Crippen molar-refractivity contribution >= 4 is 12.1 Å². The molecule has 0 aliphatic carbocycles. The number of hydrogen-bond acceptors (Lipinski definition) is 5. The van der Waals surface area contributed by atoms with Crippen LogP contribution >= 0.6 is 0 Å². The largest absolute Gasteiger partial charge is 0.477 e. The molecular weight excluding hydrogens is 276 g/mol. The molecule has 1 atom stereocenters. The van der Waals surface area contributed by atoms with Gasteiger partial charge in [0, 0.05) is 6.07 Å². The number of carboxylic acids is 1. The smallest absolute Gasteiger partial charge is 0.407 e. The second-order valence-electron chi connectivity index (χ2n) is 5.52. The predicted octanol–water partition coefficient (Wildman–Crippen LogP) is 2.07. The van der Waals surface area contributed by atoms with Crippen molar-refractivity contribution in [3.05, 3.63) is 23.9 Å². The molecule has 1 amide bonds. The average Bonchev–Trinajstić information content (AvgIpc) is 2.34. The molecule has 0 radical (unpaired) electrons. The van der Waals surface area contributed by atoms with Crippen LogP contribution < -0.4 is 10.1 Å². The summed E-state index contributed by atoms with van der Waals surface area (Å²) in [4.78, 5) is 26.1. The van der Waals surface area contributed by atoms with Crippen LogP contribution in [0.15, 0.2) is 18.2 Å². The molecule has 0 unspecified atom stereocenters. The number of alkyl carbamates (subject to hydrolysis) is 1. The van der Waals surface area contributed by atoms with Crippen LogP contribution in [0.1, 0.15) is 38.2 Å². The van der Waals surface area contributed by atoms with Gasteiger partial charge in [-0.3, -0.25) is 0 Å². The number of aromatic nitrogens is 1. The highest BCUT2D eigenvalue weighted by atomic mass is 16.6. The van der Waals surface area contributed by atoms with Crippen molar-refractivity contribution in [1.82, 2.24) is 10.3 Å². The molecule has 0 saturated heterocycles. The SMILES string of the molecule is C[C@H](COc1cccc(C(=O)O)n1)NC(=O)OC(C)(C)C. The molecule has 0 aliphatic rings. The van der Waals surface area contributed by atoms with Gasteiger partial charge in [-0.15, -0.1) is 0 Å². The minimum Gasteiger partial charge on any atom is -0.477 e. The van der Waals surface area contributed by atoms with E-state index in [1.807, 2.05) is 0 Å². The van der Waals surface area contributed by atoms with Crippen molar-refractivity contribution in [2.75, 3.05) is 6.61 Å². The third-order valence-electron chi connectivity index (χ3n) is 2.19. The number of ether oxygens (including phenoxy) is 2. The number of carbonyl (C=O) groups is 2. The molecule has 116 valence electrons. The van der Waals surface area contributed by atoms with E-state index in [4.69, 9.17) is 14.6 Å². The molecule has 1 aromatic rings. The summed E-state index contributed by atoms with van der Waals surface area (Å²) >= 11 is 0. The van der Waals surface area contributed by atoms with Crippen LogP contribution in [-0.4, -0.2) is 40.4 Å². The van der Waals surface area contributed by atoms with Gasteiger partial charge in [0.05, 0.1) is 6.04 Å². The maximum Gasteiger partial charge on any atom is 0.407 e. The van der Waals surface area contributed by atoms with E-state index in [2.05, 4.69) is 10.3 Å². The lowest BCUT2D eigenvalue weighted by molar-refractivity contribution is 0.0493. The summed E-state index contributed by atoms with van der Waals surface area (Å²) in [7, 11) is 0. The Hall–Kier alpha value is -2.31. The van der Waals surface area contributed by atoms with E-state index in [1.165, 1.54) is 12.1 Å². The molecular formula is C14H20N2O5. The number of carbonyl (C=O) groups excluding carboxylic acids is 1. The molecule has 1 rings (SSSR count). The fraction of sp³-hybridized carbons (Fsp3) is 0.500. The van der Waals surface area contributed by atoms with Crippen LogP contribution in [0.4, 0.5) is 4.79 Å². The van der Waals surface area contributed by atoms with Crippen molar-refractivity contribution in [3.8, 4) is 5.88 Å². The molecule has 2 N–H and O–H groups in total. The Morgan fingerprint density at radius 3 is 2.62 bits per heavy atom. The molecule has 1 heterocycles. The van der Waals surface area contributed by atoms with Crippen molar-refractivity contribution in [2.24, 2.45) is 0 Å². The number of carboxylic acid groups (broad SMARTS) is 1. The highest BCUT2D eigenvalue weighted by molar-refractivity contribution is 5.85. The molecule has 0 spiro atoms. The maximum absolute atomic E-state index is 11.5. The first kappa shape index (κ1) is 16.7. The lowest BCUT2D eigenvalue weighted by Gasteiger charge is -2.21. The van der Waals surface area contributed by atoms with Gasteiger partial charge in [-0.05, 0) is 33.8 Å². The van der Waals surface area contributed by atoms with Gasteiger partial charge in [0.15, 0.2) is 5.69 Å². The Morgan fingerprint density at radius 2 is 2.05 bits per heavy atom. The zero-order valence-electron chi connectivity index (χ0n) is 12.5. The summed E-state index contributed by atoms with van der Waals surface area (Å²) in [5.74, 6) is -0.937. The highest BCUT2D eigenvalue weighted by Crippen LogP contribution is 2.09. The summed E-state index contributed by atoms with van der Waals surface area (Å²) in [6.45, 7) is 7.21. The van der Waals surface area contributed by atoms with Crippen LogP contribution in [0.25, 0.3) is 0 Å². The third-order valence-corrected chi connectivity index (χ3v) is 2.19.